The van der Waals surface area contributed by atoms with Crippen LogP contribution in [0.25, 0.3) is 0 Å². The molecule has 1 aliphatic rings. The van der Waals surface area contributed by atoms with Gasteiger partial charge in [-0.05, 0) is 31.2 Å². The van der Waals surface area contributed by atoms with Crippen LogP contribution in [0.1, 0.15) is 50.6 Å². The summed E-state index contributed by atoms with van der Waals surface area (Å²) in [4.78, 5) is 8.80. The molecule has 4 heteroatoms. The predicted octanol–water partition coefficient (Wildman–Crippen LogP) is 3.47. The zero-order valence-corrected chi connectivity index (χ0v) is 13.7. The molecule has 19 heavy (non-hydrogen) atoms. The van der Waals surface area contributed by atoms with Crippen molar-refractivity contribution >= 4 is 16.5 Å². The van der Waals surface area contributed by atoms with Gasteiger partial charge in [-0.2, -0.15) is 0 Å². The molecule has 1 aromatic heterocycles. The van der Waals surface area contributed by atoms with Crippen LogP contribution in [0, 0.1) is 11.8 Å². The van der Waals surface area contributed by atoms with Crippen molar-refractivity contribution in [3.05, 3.63) is 10.6 Å². The Hall–Kier alpha value is -0.610. The standard InChI is InChI=1S/C15H27N3S/c1-10(2)12-6-7-18(9-12)15-17-14(11(3)4)13(19-15)8-16-5/h10-12,16H,6-9H2,1-5H3. The highest BCUT2D eigenvalue weighted by Crippen LogP contribution is 2.34. The van der Waals surface area contributed by atoms with Gasteiger partial charge in [0.1, 0.15) is 0 Å². The van der Waals surface area contributed by atoms with Gasteiger partial charge in [-0.1, -0.05) is 27.7 Å². The number of rotatable bonds is 5. The van der Waals surface area contributed by atoms with Crippen molar-refractivity contribution in [1.82, 2.24) is 10.3 Å². The minimum absolute atomic E-state index is 0.511. The maximum absolute atomic E-state index is 4.91. The molecule has 2 heterocycles. The van der Waals surface area contributed by atoms with Crippen molar-refractivity contribution in [3.8, 4) is 0 Å². The minimum atomic E-state index is 0.511. The Morgan fingerprint density at radius 1 is 1.37 bits per heavy atom. The fraction of sp³-hybridized carbons (Fsp3) is 0.800. The highest BCUT2D eigenvalue weighted by molar-refractivity contribution is 7.15. The molecule has 2 rings (SSSR count). The Kier molecular flexibility index (Phi) is 4.85. The van der Waals surface area contributed by atoms with E-state index in [0.717, 1.165) is 18.4 Å². The van der Waals surface area contributed by atoms with Gasteiger partial charge in [0.15, 0.2) is 5.13 Å². The van der Waals surface area contributed by atoms with Crippen molar-refractivity contribution in [1.29, 1.82) is 0 Å². The van der Waals surface area contributed by atoms with E-state index in [1.807, 2.05) is 18.4 Å². The van der Waals surface area contributed by atoms with E-state index in [-0.39, 0.29) is 0 Å². The number of nitrogens with zero attached hydrogens (tertiary/aromatic N) is 2. The second kappa shape index (κ2) is 6.23. The Labute approximate surface area is 121 Å². The van der Waals surface area contributed by atoms with Crippen LogP contribution in [0.4, 0.5) is 5.13 Å². The number of thiazole rings is 1. The zero-order chi connectivity index (χ0) is 14.0. The Bertz CT molecular complexity index is 412. The summed E-state index contributed by atoms with van der Waals surface area (Å²) in [5.41, 5.74) is 1.28. The van der Waals surface area contributed by atoms with Gasteiger partial charge >= 0.3 is 0 Å². The van der Waals surface area contributed by atoms with E-state index in [1.54, 1.807) is 0 Å². The molecule has 0 amide bonds. The van der Waals surface area contributed by atoms with Gasteiger partial charge in [0.25, 0.3) is 0 Å². The summed E-state index contributed by atoms with van der Waals surface area (Å²) in [6.45, 7) is 12.4. The summed E-state index contributed by atoms with van der Waals surface area (Å²) in [5, 5.41) is 4.50. The van der Waals surface area contributed by atoms with E-state index in [0.29, 0.717) is 5.92 Å². The van der Waals surface area contributed by atoms with Gasteiger partial charge in [-0.3, -0.25) is 0 Å². The zero-order valence-electron chi connectivity index (χ0n) is 12.9. The van der Waals surface area contributed by atoms with Crippen molar-refractivity contribution in [2.45, 2.75) is 46.6 Å². The van der Waals surface area contributed by atoms with Crippen LogP contribution in [0.15, 0.2) is 0 Å². The molecular weight excluding hydrogens is 254 g/mol. The van der Waals surface area contributed by atoms with Crippen LogP contribution in [-0.4, -0.2) is 25.1 Å². The van der Waals surface area contributed by atoms with E-state index in [9.17, 15) is 0 Å². The Balaban J connectivity index is 2.15. The third-order valence-corrected chi connectivity index (χ3v) is 5.17. The summed E-state index contributed by atoms with van der Waals surface area (Å²) in [6, 6.07) is 0. The van der Waals surface area contributed by atoms with Gasteiger partial charge in [-0.25, -0.2) is 4.98 Å². The topological polar surface area (TPSA) is 28.2 Å². The highest BCUT2D eigenvalue weighted by Gasteiger charge is 2.27. The molecule has 0 aromatic carbocycles. The van der Waals surface area contributed by atoms with Crippen molar-refractivity contribution in [3.63, 3.8) is 0 Å². The van der Waals surface area contributed by atoms with E-state index in [2.05, 4.69) is 37.9 Å². The fourth-order valence-electron chi connectivity index (χ4n) is 2.73. The first-order chi connectivity index (χ1) is 9.02. The second-order valence-electron chi connectivity index (χ2n) is 6.23. The molecule has 0 aliphatic carbocycles. The van der Waals surface area contributed by atoms with Crippen LogP contribution >= 0.6 is 11.3 Å². The van der Waals surface area contributed by atoms with Gasteiger partial charge < -0.3 is 10.2 Å². The SMILES string of the molecule is CNCc1sc(N2CCC(C(C)C)C2)nc1C(C)C. The summed E-state index contributed by atoms with van der Waals surface area (Å²) in [6.07, 6.45) is 1.32. The molecule has 108 valence electrons. The molecule has 1 aliphatic heterocycles. The number of aromatic nitrogens is 1. The molecule has 0 saturated carbocycles. The lowest BCUT2D eigenvalue weighted by Crippen LogP contribution is -2.21. The van der Waals surface area contributed by atoms with Gasteiger partial charge in [0, 0.05) is 24.5 Å². The Morgan fingerprint density at radius 3 is 2.63 bits per heavy atom. The van der Waals surface area contributed by atoms with E-state index < -0.39 is 0 Å². The predicted molar refractivity (Wildman–Crippen MR) is 84.1 cm³/mol. The third-order valence-electron chi connectivity index (χ3n) is 4.04. The average molecular weight is 281 g/mol. The quantitative estimate of drug-likeness (QED) is 0.896. The summed E-state index contributed by atoms with van der Waals surface area (Å²) < 4.78 is 0. The van der Waals surface area contributed by atoms with Crippen LogP contribution in [0.3, 0.4) is 0 Å². The van der Waals surface area contributed by atoms with Crippen LogP contribution in [-0.2, 0) is 6.54 Å². The lowest BCUT2D eigenvalue weighted by molar-refractivity contribution is 0.422. The molecule has 1 fully saturated rings. The van der Waals surface area contributed by atoms with Crippen molar-refractivity contribution < 1.29 is 0 Å². The summed E-state index contributed by atoms with van der Waals surface area (Å²) in [5.74, 6) is 2.13. The molecule has 0 bridgehead atoms. The molecule has 1 unspecified atom stereocenters. The number of nitrogens with one attached hydrogen (secondary N) is 1. The summed E-state index contributed by atoms with van der Waals surface area (Å²) in [7, 11) is 2.01. The molecule has 1 atom stereocenters. The van der Waals surface area contributed by atoms with Crippen LogP contribution in [0.5, 0.6) is 0 Å². The largest absolute Gasteiger partial charge is 0.348 e. The molecule has 3 nitrogen and oxygen atoms in total. The second-order valence-corrected chi connectivity index (χ2v) is 7.29. The van der Waals surface area contributed by atoms with E-state index >= 15 is 0 Å². The Morgan fingerprint density at radius 2 is 2.11 bits per heavy atom. The first-order valence-electron chi connectivity index (χ1n) is 7.42. The maximum atomic E-state index is 4.91. The highest BCUT2D eigenvalue weighted by atomic mass is 32.1. The van der Waals surface area contributed by atoms with Gasteiger partial charge in [-0.15, -0.1) is 11.3 Å². The van der Waals surface area contributed by atoms with Gasteiger partial charge in [0.2, 0.25) is 0 Å². The van der Waals surface area contributed by atoms with Crippen molar-refractivity contribution in [2.75, 3.05) is 25.0 Å². The first kappa shape index (κ1) is 14.8. The number of anilines is 1. The maximum Gasteiger partial charge on any atom is 0.185 e. The van der Waals surface area contributed by atoms with E-state index in [1.165, 1.54) is 35.2 Å². The normalized spacial score (nSPS) is 19.9. The molecule has 0 radical (unpaired) electrons. The molecule has 1 saturated heterocycles. The fourth-order valence-corrected chi connectivity index (χ4v) is 3.99. The monoisotopic (exact) mass is 281 g/mol. The molecule has 1 aromatic rings. The number of hydrogen-bond donors (Lipinski definition) is 1. The number of hydrogen-bond acceptors (Lipinski definition) is 4. The average Bonchev–Trinajstić information content (AvgIpc) is 2.94. The van der Waals surface area contributed by atoms with E-state index in [4.69, 9.17) is 4.98 Å². The van der Waals surface area contributed by atoms with Crippen LogP contribution < -0.4 is 10.2 Å². The lowest BCUT2D eigenvalue weighted by Gasteiger charge is -2.16. The van der Waals surface area contributed by atoms with Gasteiger partial charge in [0.05, 0.1) is 5.69 Å². The lowest BCUT2D eigenvalue weighted by atomic mass is 9.95. The molecular formula is C15H27N3S. The van der Waals surface area contributed by atoms with Crippen molar-refractivity contribution in [2.24, 2.45) is 11.8 Å². The first-order valence-corrected chi connectivity index (χ1v) is 8.23. The smallest absolute Gasteiger partial charge is 0.185 e. The minimum Gasteiger partial charge on any atom is -0.348 e. The summed E-state index contributed by atoms with van der Waals surface area (Å²) >= 11 is 1.88. The molecule has 0 spiro atoms. The van der Waals surface area contributed by atoms with Crippen LogP contribution in [0.2, 0.25) is 0 Å². The third kappa shape index (κ3) is 3.29. The molecule has 1 N–H and O–H groups in total.